The fraction of sp³-hybridized carbons (Fsp3) is 0.270. The van der Waals surface area contributed by atoms with Gasteiger partial charge >= 0.3 is 0 Å². The van der Waals surface area contributed by atoms with E-state index in [1.807, 2.05) is 30.9 Å². The molecule has 6 heterocycles. The molecule has 75 heavy (non-hydrogen) atoms. The van der Waals surface area contributed by atoms with Crippen molar-refractivity contribution in [3.8, 4) is 33.4 Å². The number of hydrogen-bond acceptors (Lipinski definition) is 8. The summed E-state index contributed by atoms with van der Waals surface area (Å²) in [5.74, 6) is 3.07. The number of nitrogens with zero attached hydrogens (tertiary/aromatic N) is 10. The first-order valence-electron chi connectivity index (χ1n) is 26.6. The van der Waals surface area contributed by atoms with Gasteiger partial charge in [0.15, 0.2) is 11.6 Å². The van der Waals surface area contributed by atoms with Crippen LogP contribution in [0.15, 0.2) is 168 Å². The Labute approximate surface area is 438 Å². The number of anilines is 2. The van der Waals surface area contributed by atoms with Gasteiger partial charge < -0.3 is 0 Å². The molecule has 0 N–H and O–H groups in total. The first-order chi connectivity index (χ1) is 36.6. The first-order valence-corrected chi connectivity index (χ1v) is 26.6. The highest BCUT2D eigenvalue weighted by molar-refractivity contribution is 6.20. The summed E-state index contributed by atoms with van der Waals surface area (Å²) in [6.45, 7) is 6.10. The van der Waals surface area contributed by atoms with Crippen molar-refractivity contribution in [3.05, 3.63) is 202 Å². The molecular formula is C63H60N10O2. The largest absolute Gasteiger partial charge is 0.292 e. The standard InChI is InChI=1S/C63H60N10O2/c1-40(2)52-39-70-58-56(60(74)68(3)62(70)65-52)55(71(66-58)37-42-25-29-46(30-26-42)45-18-9-6-10-19-45)35-44-17-13-20-48(33-44)50-22-14-21-49(36-50)47-31-27-43(28-32-47)38-72-54(34-41-15-7-5-8-16-41)57-59(67-72)73-53-24-12-11-23-51(53)64-63(73)69(4)61(57)75/h5-10,13-22,25-33,36,40,51-53H,11-12,23-24,34-35,37-39H2,1-4H3/t51-,52+,53+/m1/s1. The van der Waals surface area contributed by atoms with Gasteiger partial charge in [-0.05, 0) is 80.5 Å². The molecule has 2 amide bonds. The second-order valence-corrected chi connectivity index (χ2v) is 21.3. The summed E-state index contributed by atoms with van der Waals surface area (Å²) in [7, 11) is 3.70. The number of aromatic nitrogens is 4. The van der Waals surface area contributed by atoms with E-state index in [9.17, 15) is 9.59 Å². The number of carbonyl (C=O) groups is 2. The summed E-state index contributed by atoms with van der Waals surface area (Å²) in [4.78, 5) is 46.7. The summed E-state index contributed by atoms with van der Waals surface area (Å²) < 4.78 is 4.11. The van der Waals surface area contributed by atoms with E-state index >= 15 is 0 Å². The van der Waals surface area contributed by atoms with Gasteiger partial charge in [0.2, 0.25) is 11.9 Å². The molecule has 0 saturated heterocycles. The minimum Gasteiger partial charge on any atom is -0.292 e. The summed E-state index contributed by atoms with van der Waals surface area (Å²) in [6, 6.07) is 56.1. The minimum absolute atomic E-state index is 0.0399. The molecule has 0 spiro atoms. The molecule has 8 aromatic rings. The molecule has 12 heteroatoms. The van der Waals surface area contributed by atoms with Crippen molar-refractivity contribution in [2.24, 2.45) is 15.9 Å². The van der Waals surface area contributed by atoms with Crippen LogP contribution in [-0.4, -0.2) is 91.9 Å². The number of hydrogen-bond donors (Lipinski definition) is 0. The third-order valence-electron chi connectivity index (χ3n) is 16.1. The van der Waals surface area contributed by atoms with Gasteiger partial charge in [-0.1, -0.05) is 178 Å². The predicted molar refractivity (Wildman–Crippen MR) is 297 cm³/mol. The molecule has 374 valence electrons. The second kappa shape index (κ2) is 18.8. The van der Waals surface area contributed by atoms with Gasteiger partial charge in [0.25, 0.3) is 11.8 Å². The molecule has 3 atom stereocenters. The maximum Gasteiger partial charge on any atom is 0.266 e. The Morgan fingerprint density at radius 1 is 0.507 bits per heavy atom. The molecule has 2 aromatic heterocycles. The van der Waals surface area contributed by atoms with E-state index in [2.05, 4.69) is 174 Å². The molecule has 1 aliphatic carbocycles. The molecule has 12 nitrogen and oxygen atoms in total. The zero-order valence-corrected chi connectivity index (χ0v) is 43.0. The SMILES string of the molecule is CC(C)[C@@H]1CN2C(=N1)N(C)C(=O)c1c2nn(Cc2ccc(-c3ccccc3)cc2)c1Cc1cccc(-c2cccc(-c3ccc(Cn4nc5c(c4Cc4ccccc4)C(=O)N(C)C4=N[C@@H]6CCCC[C@@H]6N45)cc3)c2)c1. The van der Waals surface area contributed by atoms with Crippen molar-refractivity contribution in [1.82, 2.24) is 29.4 Å². The average Bonchev–Trinajstić information content (AvgIpc) is 4.31. The minimum atomic E-state index is -0.0766. The smallest absolute Gasteiger partial charge is 0.266 e. The number of rotatable bonds is 12. The summed E-state index contributed by atoms with van der Waals surface area (Å²) in [6.07, 6.45) is 5.53. The van der Waals surface area contributed by atoms with Crippen LogP contribution in [0.3, 0.4) is 0 Å². The zero-order chi connectivity index (χ0) is 50.9. The highest BCUT2D eigenvalue weighted by atomic mass is 16.2. The second-order valence-electron chi connectivity index (χ2n) is 21.3. The summed E-state index contributed by atoms with van der Waals surface area (Å²) in [5, 5.41) is 10.5. The van der Waals surface area contributed by atoms with Crippen LogP contribution in [-0.2, 0) is 25.9 Å². The van der Waals surface area contributed by atoms with Crippen LogP contribution >= 0.6 is 0 Å². The molecule has 1 saturated carbocycles. The van der Waals surface area contributed by atoms with Crippen LogP contribution in [0.4, 0.5) is 11.6 Å². The third kappa shape index (κ3) is 8.32. The number of carbonyl (C=O) groups excluding carboxylic acids is 2. The van der Waals surface area contributed by atoms with E-state index in [-0.39, 0.29) is 29.9 Å². The van der Waals surface area contributed by atoms with Gasteiger partial charge in [-0.3, -0.25) is 38.6 Å². The maximum atomic E-state index is 14.5. The topological polar surface area (TPSA) is 107 Å². The van der Waals surface area contributed by atoms with E-state index in [1.54, 1.807) is 9.80 Å². The molecule has 0 bridgehead atoms. The van der Waals surface area contributed by atoms with Crippen molar-refractivity contribution in [1.29, 1.82) is 0 Å². The third-order valence-corrected chi connectivity index (χ3v) is 16.1. The Morgan fingerprint density at radius 3 is 1.68 bits per heavy atom. The van der Waals surface area contributed by atoms with Crippen LogP contribution in [0, 0.1) is 5.92 Å². The van der Waals surface area contributed by atoms with E-state index in [0.717, 1.165) is 98.9 Å². The maximum absolute atomic E-state index is 14.5. The van der Waals surface area contributed by atoms with Crippen LogP contribution in [0.2, 0.25) is 0 Å². The van der Waals surface area contributed by atoms with Crippen molar-refractivity contribution in [2.45, 2.75) is 83.6 Å². The first kappa shape index (κ1) is 46.4. The lowest BCUT2D eigenvalue weighted by Crippen LogP contribution is -2.52. The number of fused-ring (bicyclic) bond motifs is 8. The van der Waals surface area contributed by atoms with Gasteiger partial charge in [0.1, 0.15) is 11.1 Å². The Morgan fingerprint density at radius 2 is 1.01 bits per heavy atom. The van der Waals surface area contributed by atoms with Gasteiger partial charge in [-0.2, -0.15) is 10.2 Å². The normalized spacial score (nSPS) is 18.7. The molecule has 0 unspecified atom stereocenters. The fourth-order valence-corrected chi connectivity index (χ4v) is 11.9. The predicted octanol–water partition coefficient (Wildman–Crippen LogP) is 11.2. The van der Waals surface area contributed by atoms with E-state index in [0.29, 0.717) is 61.3 Å². The number of guanidine groups is 2. The molecule has 6 aromatic carbocycles. The Balaban J connectivity index is 0.785. The quantitative estimate of drug-likeness (QED) is 0.121. The van der Waals surface area contributed by atoms with Gasteiger partial charge in [-0.15, -0.1) is 0 Å². The van der Waals surface area contributed by atoms with E-state index in [4.69, 9.17) is 20.2 Å². The lowest BCUT2D eigenvalue weighted by Gasteiger charge is -2.36. The highest BCUT2D eigenvalue weighted by Crippen LogP contribution is 2.42. The van der Waals surface area contributed by atoms with Gasteiger partial charge in [-0.25, -0.2) is 9.98 Å². The van der Waals surface area contributed by atoms with E-state index in [1.165, 1.54) is 5.56 Å². The zero-order valence-electron chi connectivity index (χ0n) is 43.0. The monoisotopic (exact) mass is 988 g/mol. The lowest BCUT2D eigenvalue weighted by atomic mass is 9.90. The van der Waals surface area contributed by atoms with Gasteiger partial charge in [0.05, 0.1) is 49.1 Å². The van der Waals surface area contributed by atoms with Crippen LogP contribution in [0.1, 0.15) is 93.9 Å². The fourth-order valence-electron chi connectivity index (χ4n) is 11.9. The average molecular weight is 989 g/mol. The molecule has 4 aliphatic heterocycles. The van der Waals surface area contributed by atoms with Crippen LogP contribution in [0.5, 0.6) is 0 Å². The Hall–Kier alpha value is -8.38. The summed E-state index contributed by atoms with van der Waals surface area (Å²) in [5.41, 5.74) is 14.3. The van der Waals surface area contributed by atoms with Crippen LogP contribution in [0.25, 0.3) is 33.4 Å². The molecular weight excluding hydrogens is 929 g/mol. The van der Waals surface area contributed by atoms with E-state index < -0.39 is 0 Å². The Bertz CT molecular complexity index is 3560. The molecule has 1 fully saturated rings. The Kier molecular flexibility index (Phi) is 11.7. The number of aliphatic imine (C=N–C) groups is 2. The molecule has 5 aliphatic rings. The van der Waals surface area contributed by atoms with Crippen molar-refractivity contribution >= 4 is 35.4 Å². The van der Waals surface area contributed by atoms with Crippen LogP contribution < -0.4 is 9.80 Å². The summed E-state index contributed by atoms with van der Waals surface area (Å²) >= 11 is 0. The molecule has 13 rings (SSSR count). The molecule has 0 radical (unpaired) electrons. The van der Waals surface area contributed by atoms with Crippen molar-refractivity contribution < 1.29 is 9.59 Å². The highest BCUT2D eigenvalue weighted by Gasteiger charge is 2.48. The lowest BCUT2D eigenvalue weighted by molar-refractivity contribution is 0.0856. The number of amides is 2. The van der Waals surface area contributed by atoms with Crippen molar-refractivity contribution in [3.63, 3.8) is 0 Å². The van der Waals surface area contributed by atoms with Crippen molar-refractivity contribution in [2.75, 3.05) is 30.4 Å². The number of benzene rings is 6. The van der Waals surface area contributed by atoms with Gasteiger partial charge in [0, 0.05) is 26.9 Å².